The van der Waals surface area contributed by atoms with Crippen LogP contribution in [0.4, 0.5) is 5.69 Å². The predicted octanol–water partition coefficient (Wildman–Crippen LogP) is 2.56. The molecule has 7 nitrogen and oxygen atoms in total. The SMILES string of the molecule is CSc1ccc(NC(=O)COC(=O)c2c(C)nn3cccnc23)cc1. The van der Waals surface area contributed by atoms with Gasteiger partial charge in [-0.05, 0) is 43.5 Å². The molecule has 3 rings (SSSR count). The van der Waals surface area contributed by atoms with Crippen molar-refractivity contribution in [3.63, 3.8) is 0 Å². The molecule has 2 aromatic heterocycles. The fraction of sp³-hybridized carbons (Fsp3) is 0.176. The third-order valence-electron chi connectivity index (χ3n) is 3.48. The van der Waals surface area contributed by atoms with Crippen LogP contribution in [0.15, 0.2) is 47.6 Å². The van der Waals surface area contributed by atoms with Gasteiger partial charge in [-0.15, -0.1) is 11.8 Å². The summed E-state index contributed by atoms with van der Waals surface area (Å²) in [6, 6.07) is 9.11. The summed E-state index contributed by atoms with van der Waals surface area (Å²) in [5.41, 5.74) is 1.81. The predicted molar refractivity (Wildman–Crippen MR) is 94.9 cm³/mol. The normalized spacial score (nSPS) is 10.6. The highest BCUT2D eigenvalue weighted by Gasteiger charge is 2.20. The van der Waals surface area contributed by atoms with Gasteiger partial charge in [0.25, 0.3) is 5.91 Å². The monoisotopic (exact) mass is 356 g/mol. The van der Waals surface area contributed by atoms with Gasteiger partial charge in [-0.3, -0.25) is 4.79 Å². The summed E-state index contributed by atoms with van der Waals surface area (Å²) in [4.78, 5) is 29.5. The average molecular weight is 356 g/mol. The number of hydrogen-bond donors (Lipinski definition) is 1. The van der Waals surface area contributed by atoms with E-state index in [1.807, 2.05) is 18.4 Å². The Balaban J connectivity index is 1.63. The van der Waals surface area contributed by atoms with Crippen molar-refractivity contribution in [3.05, 3.63) is 54.0 Å². The van der Waals surface area contributed by atoms with Gasteiger partial charge in [-0.2, -0.15) is 5.10 Å². The van der Waals surface area contributed by atoms with E-state index in [0.717, 1.165) is 4.90 Å². The number of fused-ring (bicyclic) bond motifs is 1. The summed E-state index contributed by atoms with van der Waals surface area (Å²) in [5, 5.41) is 6.88. The van der Waals surface area contributed by atoms with Gasteiger partial charge >= 0.3 is 5.97 Å². The van der Waals surface area contributed by atoms with Crippen molar-refractivity contribution in [1.82, 2.24) is 14.6 Å². The molecule has 0 saturated heterocycles. The van der Waals surface area contributed by atoms with Crippen LogP contribution in [-0.2, 0) is 9.53 Å². The quantitative estimate of drug-likeness (QED) is 0.559. The number of ether oxygens (including phenoxy) is 1. The largest absolute Gasteiger partial charge is 0.452 e. The standard InChI is InChI=1S/C17H16N4O3S/c1-11-15(16-18-8-3-9-21(16)20-11)17(23)24-10-14(22)19-12-4-6-13(25-2)7-5-12/h3-9H,10H2,1-2H3,(H,19,22). The molecule has 0 spiro atoms. The molecule has 0 radical (unpaired) electrons. The van der Waals surface area contributed by atoms with Crippen LogP contribution < -0.4 is 5.32 Å². The number of nitrogens with one attached hydrogen (secondary N) is 1. The van der Waals surface area contributed by atoms with E-state index >= 15 is 0 Å². The van der Waals surface area contributed by atoms with Crippen molar-refractivity contribution in [2.24, 2.45) is 0 Å². The van der Waals surface area contributed by atoms with Crippen LogP contribution in [0.1, 0.15) is 16.1 Å². The van der Waals surface area contributed by atoms with Crippen LogP contribution in [0.25, 0.3) is 5.65 Å². The van der Waals surface area contributed by atoms with Crippen molar-refractivity contribution in [2.75, 3.05) is 18.2 Å². The minimum Gasteiger partial charge on any atom is -0.452 e. The Morgan fingerprint density at radius 3 is 2.76 bits per heavy atom. The van der Waals surface area contributed by atoms with Gasteiger partial charge in [-0.25, -0.2) is 14.3 Å². The highest BCUT2D eigenvalue weighted by atomic mass is 32.2. The smallest absolute Gasteiger partial charge is 0.344 e. The molecule has 0 aliphatic rings. The van der Waals surface area contributed by atoms with Gasteiger partial charge in [0.05, 0.1) is 5.69 Å². The molecule has 3 aromatic rings. The van der Waals surface area contributed by atoms with Crippen molar-refractivity contribution in [3.8, 4) is 0 Å². The minimum atomic E-state index is -0.626. The lowest BCUT2D eigenvalue weighted by Gasteiger charge is -2.07. The fourth-order valence-electron chi connectivity index (χ4n) is 2.31. The Kier molecular flexibility index (Phi) is 4.99. The third kappa shape index (κ3) is 3.80. The second kappa shape index (κ2) is 7.35. The van der Waals surface area contributed by atoms with E-state index in [4.69, 9.17) is 4.74 Å². The summed E-state index contributed by atoms with van der Waals surface area (Å²) in [7, 11) is 0. The van der Waals surface area contributed by atoms with E-state index in [2.05, 4.69) is 15.4 Å². The highest BCUT2D eigenvalue weighted by Crippen LogP contribution is 2.17. The molecule has 0 saturated carbocycles. The molecular weight excluding hydrogens is 340 g/mol. The maximum Gasteiger partial charge on any atom is 0.344 e. The number of aromatic nitrogens is 3. The summed E-state index contributed by atoms with van der Waals surface area (Å²) in [6.07, 6.45) is 5.24. The molecule has 2 heterocycles. The van der Waals surface area contributed by atoms with Gasteiger partial charge in [0, 0.05) is 23.0 Å². The molecule has 0 fully saturated rings. The number of carbonyl (C=O) groups excluding carboxylic acids is 2. The molecule has 1 amide bonds. The van der Waals surface area contributed by atoms with Crippen LogP contribution in [0.2, 0.25) is 0 Å². The van der Waals surface area contributed by atoms with Gasteiger partial charge in [0.1, 0.15) is 5.56 Å². The molecule has 0 aliphatic carbocycles. The van der Waals surface area contributed by atoms with E-state index in [1.54, 1.807) is 49.3 Å². The number of aryl methyl sites for hydroxylation is 1. The number of hydrogen-bond acceptors (Lipinski definition) is 6. The number of benzene rings is 1. The molecule has 1 N–H and O–H groups in total. The molecule has 1 aromatic carbocycles. The molecular formula is C17H16N4O3S. The van der Waals surface area contributed by atoms with E-state index in [-0.39, 0.29) is 12.2 Å². The summed E-state index contributed by atoms with van der Waals surface area (Å²) >= 11 is 1.62. The van der Waals surface area contributed by atoms with Gasteiger partial charge in [0.2, 0.25) is 0 Å². The summed E-state index contributed by atoms with van der Waals surface area (Å²) in [6.45, 7) is 1.31. The first kappa shape index (κ1) is 17.0. The number of amides is 1. The highest BCUT2D eigenvalue weighted by molar-refractivity contribution is 7.98. The average Bonchev–Trinajstić information content (AvgIpc) is 2.96. The Bertz CT molecular complexity index is 921. The minimum absolute atomic E-state index is 0.262. The third-order valence-corrected chi connectivity index (χ3v) is 4.23. The zero-order chi connectivity index (χ0) is 17.8. The second-order valence-electron chi connectivity index (χ2n) is 5.20. The number of thioether (sulfide) groups is 1. The molecule has 128 valence electrons. The van der Waals surface area contributed by atoms with Crippen molar-refractivity contribution < 1.29 is 14.3 Å². The van der Waals surface area contributed by atoms with Gasteiger partial charge in [-0.1, -0.05) is 0 Å². The van der Waals surface area contributed by atoms with E-state index in [9.17, 15) is 9.59 Å². The molecule has 8 heteroatoms. The van der Waals surface area contributed by atoms with E-state index in [0.29, 0.717) is 17.0 Å². The van der Waals surface area contributed by atoms with Crippen LogP contribution >= 0.6 is 11.8 Å². The lowest BCUT2D eigenvalue weighted by molar-refractivity contribution is -0.119. The van der Waals surface area contributed by atoms with Crippen LogP contribution in [0.3, 0.4) is 0 Å². The van der Waals surface area contributed by atoms with Crippen molar-refractivity contribution in [2.45, 2.75) is 11.8 Å². The van der Waals surface area contributed by atoms with Gasteiger partial charge < -0.3 is 10.1 Å². The summed E-state index contributed by atoms with van der Waals surface area (Å²) < 4.78 is 6.61. The number of rotatable bonds is 5. The Labute approximate surface area is 148 Å². The lowest BCUT2D eigenvalue weighted by atomic mass is 10.2. The Morgan fingerprint density at radius 2 is 2.04 bits per heavy atom. The molecule has 0 aliphatic heterocycles. The molecule has 25 heavy (non-hydrogen) atoms. The van der Waals surface area contributed by atoms with Gasteiger partial charge in [0.15, 0.2) is 12.3 Å². The van der Waals surface area contributed by atoms with Crippen LogP contribution in [0.5, 0.6) is 0 Å². The van der Waals surface area contributed by atoms with E-state index < -0.39 is 11.9 Å². The summed E-state index contributed by atoms with van der Waals surface area (Å²) in [5.74, 6) is -1.04. The van der Waals surface area contributed by atoms with Crippen molar-refractivity contribution in [1.29, 1.82) is 0 Å². The topological polar surface area (TPSA) is 85.6 Å². The second-order valence-corrected chi connectivity index (χ2v) is 6.08. The number of anilines is 1. The zero-order valence-corrected chi connectivity index (χ0v) is 14.5. The first-order chi connectivity index (χ1) is 12.1. The number of carbonyl (C=O) groups is 2. The fourth-order valence-corrected chi connectivity index (χ4v) is 2.72. The van der Waals surface area contributed by atoms with Crippen LogP contribution in [0, 0.1) is 6.92 Å². The molecule has 0 unspecified atom stereocenters. The van der Waals surface area contributed by atoms with E-state index in [1.165, 1.54) is 4.52 Å². The number of esters is 1. The van der Waals surface area contributed by atoms with Crippen molar-refractivity contribution >= 4 is 35.0 Å². The molecule has 0 atom stereocenters. The molecule has 0 bridgehead atoms. The zero-order valence-electron chi connectivity index (χ0n) is 13.7. The maximum absolute atomic E-state index is 12.3. The first-order valence-electron chi connectivity index (χ1n) is 7.49. The lowest BCUT2D eigenvalue weighted by Crippen LogP contribution is -2.21. The Morgan fingerprint density at radius 1 is 1.28 bits per heavy atom. The maximum atomic E-state index is 12.3. The first-order valence-corrected chi connectivity index (χ1v) is 8.72. The Hall–Kier alpha value is -2.87. The van der Waals surface area contributed by atoms with Crippen LogP contribution in [-0.4, -0.2) is 39.3 Å². The number of nitrogens with zero attached hydrogens (tertiary/aromatic N) is 3.